The van der Waals surface area contributed by atoms with Crippen LogP contribution in [0, 0.1) is 0 Å². The van der Waals surface area contributed by atoms with Gasteiger partial charge in [-0.05, 0) is 35.5 Å². The summed E-state index contributed by atoms with van der Waals surface area (Å²) in [4.78, 5) is 11.3. The number of benzene rings is 1. The number of Topliss-reactive ketones (excluding diaryl/α,β-unsaturated/α-hetero) is 1. The minimum absolute atomic E-state index is 0.0263. The van der Waals surface area contributed by atoms with Gasteiger partial charge in [0.25, 0.3) is 0 Å². The van der Waals surface area contributed by atoms with Crippen LogP contribution in [0.2, 0.25) is 0 Å². The molecule has 6 nitrogen and oxygen atoms in total. The number of hydrogen-bond donors (Lipinski definition) is 1. The molecule has 2 rings (SSSR count). The molecule has 7 heteroatoms. The standard InChI is InChI=1S/C11H12N4O2S/c1-7(16)8-3-4-10(17)9(5-8)6-18-11-12-13-14-15(11)2/h3-5,17H,6H2,1-2H3. The zero-order chi connectivity index (χ0) is 13.1. The molecule has 0 atom stereocenters. The Hall–Kier alpha value is -1.89. The molecule has 0 aliphatic heterocycles. The number of ketones is 1. The summed E-state index contributed by atoms with van der Waals surface area (Å²) in [5.74, 6) is 0.644. The fraction of sp³-hybridized carbons (Fsp3) is 0.273. The molecule has 18 heavy (non-hydrogen) atoms. The number of hydrogen-bond acceptors (Lipinski definition) is 6. The van der Waals surface area contributed by atoms with Crippen LogP contribution in [-0.2, 0) is 12.8 Å². The van der Waals surface area contributed by atoms with E-state index in [2.05, 4.69) is 15.5 Å². The topological polar surface area (TPSA) is 80.9 Å². The summed E-state index contributed by atoms with van der Waals surface area (Å²) < 4.78 is 1.55. The lowest BCUT2D eigenvalue weighted by Gasteiger charge is -2.05. The Morgan fingerprint density at radius 3 is 2.89 bits per heavy atom. The zero-order valence-electron chi connectivity index (χ0n) is 9.99. The maximum atomic E-state index is 11.3. The van der Waals surface area contributed by atoms with Crippen molar-refractivity contribution in [2.75, 3.05) is 0 Å². The highest BCUT2D eigenvalue weighted by Gasteiger charge is 2.09. The summed E-state index contributed by atoms with van der Waals surface area (Å²) >= 11 is 1.40. The third-order valence-corrected chi connectivity index (χ3v) is 3.48. The van der Waals surface area contributed by atoms with Crippen molar-refractivity contribution in [3.63, 3.8) is 0 Å². The zero-order valence-corrected chi connectivity index (χ0v) is 10.8. The molecular weight excluding hydrogens is 252 g/mol. The van der Waals surface area contributed by atoms with E-state index in [1.807, 2.05) is 0 Å². The van der Waals surface area contributed by atoms with E-state index in [0.29, 0.717) is 22.0 Å². The van der Waals surface area contributed by atoms with E-state index >= 15 is 0 Å². The van der Waals surface area contributed by atoms with Gasteiger partial charge in [-0.2, -0.15) is 0 Å². The summed E-state index contributed by atoms with van der Waals surface area (Å²) in [7, 11) is 1.74. The summed E-state index contributed by atoms with van der Waals surface area (Å²) in [6, 6.07) is 4.83. The molecule has 0 saturated carbocycles. The van der Waals surface area contributed by atoms with Crippen molar-refractivity contribution in [3.05, 3.63) is 29.3 Å². The fourth-order valence-corrected chi connectivity index (χ4v) is 2.24. The summed E-state index contributed by atoms with van der Waals surface area (Å²) in [6.07, 6.45) is 0. The Balaban J connectivity index is 2.16. The Bertz CT molecular complexity index is 582. The predicted octanol–water partition coefficient (Wildman–Crippen LogP) is 1.41. The Morgan fingerprint density at radius 2 is 2.28 bits per heavy atom. The van der Waals surface area contributed by atoms with Gasteiger partial charge in [0.15, 0.2) is 5.78 Å². The minimum atomic E-state index is -0.0263. The average Bonchev–Trinajstić information content (AvgIpc) is 2.73. The van der Waals surface area contributed by atoms with Gasteiger partial charge in [0.05, 0.1) is 0 Å². The van der Waals surface area contributed by atoms with Gasteiger partial charge in [-0.15, -0.1) is 5.10 Å². The maximum absolute atomic E-state index is 11.3. The number of tetrazole rings is 1. The molecule has 0 aliphatic carbocycles. The highest BCUT2D eigenvalue weighted by atomic mass is 32.2. The Kier molecular flexibility index (Phi) is 3.61. The maximum Gasteiger partial charge on any atom is 0.209 e. The number of phenolic OH excluding ortho intramolecular Hbond substituents is 1. The molecule has 0 aliphatic rings. The van der Waals surface area contributed by atoms with Crippen LogP contribution in [-0.4, -0.2) is 31.1 Å². The van der Waals surface area contributed by atoms with Gasteiger partial charge in [0.1, 0.15) is 5.75 Å². The van der Waals surface area contributed by atoms with Gasteiger partial charge >= 0.3 is 0 Å². The van der Waals surface area contributed by atoms with Gasteiger partial charge in [-0.25, -0.2) is 4.68 Å². The van der Waals surface area contributed by atoms with Crippen molar-refractivity contribution in [1.82, 2.24) is 20.2 Å². The van der Waals surface area contributed by atoms with E-state index in [0.717, 1.165) is 0 Å². The first-order chi connectivity index (χ1) is 8.58. The van der Waals surface area contributed by atoms with Crippen LogP contribution in [0.3, 0.4) is 0 Å². The van der Waals surface area contributed by atoms with E-state index in [1.54, 1.807) is 23.9 Å². The van der Waals surface area contributed by atoms with Gasteiger partial charge in [-0.3, -0.25) is 4.79 Å². The lowest BCUT2D eigenvalue weighted by molar-refractivity contribution is 0.101. The van der Waals surface area contributed by atoms with Crippen LogP contribution in [0.5, 0.6) is 5.75 Å². The van der Waals surface area contributed by atoms with Crippen molar-refractivity contribution in [3.8, 4) is 5.75 Å². The van der Waals surface area contributed by atoms with Crippen molar-refractivity contribution >= 4 is 17.5 Å². The first-order valence-corrected chi connectivity index (χ1v) is 6.24. The number of aromatic nitrogens is 4. The van der Waals surface area contributed by atoms with Crippen LogP contribution < -0.4 is 0 Å². The number of nitrogens with zero attached hydrogens (tertiary/aromatic N) is 4. The molecule has 1 heterocycles. The number of aryl methyl sites for hydroxylation is 1. The minimum Gasteiger partial charge on any atom is -0.508 e. The van der Waals surface area contributed by atoms with Crippen molar-refractivity contribution in [1.29, 1.82) is 0 Å². The summed E-state index contributed by atoms with van der Waals surface area (Å²) in [6.45, 7) is 1.50. The van der Waals surface area contributed by atoms with Crippen molar-refractivity contribution < 1.29 is 9.90 Å². The molecule has 0 bridgehead atoms. The third-order valence-electron chi connectivity index (χ3n) is 2.42. The highest BCUT2D eigenvalue weighted by Crippen LogP contribution is 2.26. The van der Waals surface area contributed by atoms with Gasteiger partial charge in [-0.1, -0.05) is 11.8 Å². The second kappa shape index (κ2) is 5.18. The highest BCUT2D eigenvalue weighted by molar-refractivity contribution is 7.98. The molecule has 94 valence electrons. The number of carbonyl (C=O) groups is 1. The van der Waals surface area contributed by atoms with E-state index in [4.69, 9.17) is 0 Å². The van der Waals surface area contributed by atoms with Crippen molar-refractivity contribution in [2.24, 2.45) is 7.05 Å². The summed E-state index contributed by atoms with van der Waals surface area (Å²) in [5, 5.41) is 21.5. The third kappa shape index (κ3) is 2.67. The lowest BCUT2D eigenvalue weighted by Crippen LogP contribution is -1.96. The second-order valence-corrected chi connectivity index (χ2v) is 4.72. The molecule has 1 N–H and O–H groups in total. The fourth-order valence-electron chi connectivity index (χ4n) is 1.41. The molecule has 1 aromatic carbocycles. The van der Waals surface area contributed by atoms with E-state index in [-0.39, 0.29) is 11.5 Å². The monoisotopic (exact) mass is 264 g/mol. The Morgan fingerprint density at radius 1 is 1.50 bits per heavy atom. The molecule has 0 saturated heterocycles. The molecule has 2 aromatic rings. The van der Waals surface area contributed by atoms with Crippen LogP contribution in [0.15, 0.2) is 23.4 Å². The number of rotatable bonds is 4. The van der Waals surface area contributed by atoms with Gasteiger partial charge in [0.2, 0.25) is 5.16 Å². The van der Waals surface area contributed by atoms with Gasteiger partial charge in [0, 0.05) is 23.9 Å². The average molecular weight is 264 g/mol. The first kappa shape index (κ1) is 12.6. The normalized spacial score (nSPS) is 10.6. The SMILES string of the molecule is CC(=O)c1ccc(O)c(CSc2nnnn2C)c1. The lowest BCUT2D eigenvalue weighted by atomic mass is 10.1. The Labute approximate surface area is 108 Å². The van der Waals surface area contributed by atoms with E-state index < -0.39 is 0 Å². The first-order valence-electron chi connectivity index (χ1n) is 5.26. The molecule has 0 amide bonds. The molecular formula is C11H12N4O2S. The smallest absolute Gasteiger partial charge is 0.209 e. The van der Waals surface area contributed by atoms with Gasteiger partial charge < -0.3 is 5.11 Å². The predicted molar refractivity (Wildman–Crippen MR) is 66.5 cm³/mol. The van der Waals surface area contributed by atoms with E-state index in [1.165, 1.54) is 24.8 Å². The van der Waals surface area contributed by atoms with Crippen LogP contribution in [0.4, 0.5) is 0 Å². The number of carbonyl (C=O) groups excluding carboxylic acids is 1. The number of thioether (sulfide) groups is 1. The molecule has 0 spiro atoms. The summed E-state index contributed by atoms with van der Waals surface area (Å²) in [5.41, 5.74) is 1.27. The largest absolute Gasteiger partial charge is 0.508 e. The number of phenols is 1. The van der Waals surface area contributed by atoms with Crippen LogP contribution in [0.25, 0.3) is 0 Å². The second-order valence-electron chi connectivity index (χ2n) is 3.77. The molecule has 0 unspecified atom stereocenters. The number of aromatic hydroxyl groups is 1. The van der Waals surface area contributed by atoms with Crippen LogP contribution >= 0.6 is 11.8 Å². The van der Waals surface area contributed by atoms with E-state index in [9.17, 15) is 9.90 Å². The molecule has 0 fully saturated rings. The molecule has 0 radical (unpaired) electrons. The molecule has 1 aromatic heterocycles. The quantitative estimate of drug-likeness (QED) is 0.664. The van der Waals surface area contributed by atoms with Crippen LogP contribution in [0.1, 0.15) is 22.8 Å². The van der Waals surface area contributed by atoms with Crippen molar-refractivity contribution in [2.45, 2.75) is 17.8 Å².